The molecule has 0 aliphatic carbocycles. The van der Waals surface area contributed by atoms with E-state index in [2.05, 4.69) is 43.8 Å². The molecule has 1 heterocycles. The molecule has 0 unspecified atom stereocenters. The van der Waals surface area contributed by atoms with Gasteiger partial charge in [-0.2, -0.15) is 0 Å². The topological polar surface area (TPSA) is 29.1 Å². The highest BCUT2D eigenvalue weighted by molar-refractivity contribution is 14.1. The van der Waals surface area contributed by atoms with Gasteiger partial charge in [0.2, 0.25) is 0 Å². The van der Waals surface area contributed by atoms with Crippen molar-refractivity contribution in [2.24, 2.45) is 0 Å². The van der Waals surface area contributed by atoms with E-state index in [-0.39, 0.29) is 5.91 Å². The van der Waals surface area contributed by atoms with E-state index in [1.807, 2.05) is 30.5 Å². The zero-order chi connectivity index (χ0) is 13.3. The molecule has 0 bridgehead atoms. The van der Waals surface area contributed by atoms with Gasteiger partial charge in [-0.3, -0.25) is 4.79 Å². The van der Waals surface area contributed by atoms with E-state index in [4.69, 9.17) is 11.6 Å². The summed E-state index contributed by atoms with van der Waals surface area (Å²) in [5.41, 5.74) is 1.69. The number of anilines is 1. The minimum atomic E-state index is -0.170. The molecule has 0 radical (unpaired) electrons. The Morgan fingerprint density at radius 3 is 2.78 bits per heavy atom. The number of amides is 1. The molecule has 0 fully saturated rings. The molecule has 0 aliphatic heterocycles. The Balaban J connectivity index is 2.21. The van der Waals surface area contributed by atoms with E-state index in [1.54, 1.807) is 0 Å². The first-order valence-corrected chi connectivity index (χ1v) is 8.12. The summed E-state index contributed by atoms with van der Waals surface area (Å²) in [4.78, 5) is 12.6. The first-order chi connectivity index (χ1) is 8.49. The standard InChI is InChI=1S/C12H8BrClINOS/c1-6-5-18-11(10(6)14)12(17)16-7-2-3-8(13)9(15)4-7/h2-5H,1H3,(H,16,17). The summed E-state index contributed by atoms with van der Waals surface area (Å²) in [7, 11) is 0. The predicted octanol–water partition coefficient (Wildman–Crippen LogP) is 5.33. The van der Waals surface area contributed by atoms with Crippen LogP contribution in [-0.4, -0.2) is 5.91 Å². The van der Waals surface area contributed by atoms with E-state index < -0.39 is 0 Å². The molecule has 0 atom stereocenters. The highest BCUT2D eigenvalue weighted by Gasteiger charge is 2.14. The first-order valence-electron chi connectivity index (χ1n) is 4.99. The largest absolute Gasteiger partial charge is 0.321 e. The third kappa shape index (κ3) is 3.07. The van der Waals surface area contributed by atoms with Gasteiger partial charge in [-0.25, -0.2) is 0 Å². The van der Waals surface area contributed by atoms with Crippen molar-refractivity contribution in [1.82, 2.24) is 0 Å². The van der Waals surface area contributed by atoms with Crippen molar-refractivity contribution < 1.29 is 4.79 Å². The Bertz CT molecular complexity index is 614. The molecule has 2 nitrogen and oxygen atoms in total. The van der Waals surface area contributed by atoms with Gasteiger partial charge in [-0.1, -0.05) is 11.6 Å². The molecule has 2 rings (SSSR count). The van der Waals surface area contributed by atoms with Crippen molar-refractivity contribution in [2.45, 2.75) is 6.92 Å². The molecule has 0 aliphatic rings. The van der Waals surface area contributed by atoms with Crippen LogP contribution in [0.4, 0.5) is 5.69 Å². The molecule has 1 aromatic heterocycles. The van der Waals surface area contributed by atoms with E-state index in [1.165, 1.54) is 11.3 Å². The van der Waals surface area contributed by atoms with E-state index in [0.717, 1.165) is 19.3 Å². The number of rotatable bonds is 2. The molecule has 1 N–H and O–H groups in total. The van der Waals surface area contributed by atoms with Gasteiger partial charge >= 0.3 is 0 Å². The van der Waals surface area contributed by atoms with Crippen LogP contribution in [0.5, 0.6) is 0 Å². The quantitative estimate of drug-likeness (QED) is 0.608. The van der Waals surface area contributed by atoms with Gasteiger partial charge in [0.15, 0.2) is 0 Å². The second-order valence-electron chi connectivity index (χ2n) is 3.64. The molecule has 94 valence electrons. The SMILES string of the molecule is Cc1csc(C(=O)Nc2ccc(Br)c(I)c2)c1Cl. The van der Waals surface area contributed by atoms with Gasteiger partial charge in [-0.05, 0) is 74.6 Å². The Morgan fingerprint density at radius 1 is 1.50 bits per heavy atom. The summed E-state index contributed by atoms with van der Waals surface area (Å²) in [6.45, 7) is 1.89. The van der Waals surface area contributed by atoms with Gasteiger partial charge < -0.3 is 5.32 Å². The molecule has 0 saturated heterocycles. The fraction of sp³-hybridized carbons (Fsp3) is 0.0833. The monoisotopic (exact) mass is 455 g/mol. The summed E-state index contributed by atoms with van der Waals surface area (Å²) in [5.74, 6) is -0.170. The normalized spacial score (nSPS) is 10.4. The Kier molecular flexibility index (Phi) is 4.69. The minimum absolute atomic E-state index is 0.170. The average Bonchev–Trinajstić information content (AvgIpc) is 2.65. The number of carbonyl (C=O) groups excluding carboxylic acids is 1. The summed E-state index contributed by atoms with van der Waals surface area (Å²) >= 11 is 13.0. The Labute approximate surface area is 136 Å². The van der Waals surface area contributed by atoms with Crippen LogP contribution in [0, 0.1) is 10.5 Å². The maximum Gasteiger partial charge on any atom is 0.267 e. The summed E-state index contributed by atoms with van der Waals surface area (Å²) < 4.78 is 2.05. The fourth-order valence-electron chi connectivity index (χ4n) is 1.34. The van der Waals surface area contributed by atoms with Crippen LogP contribution in [-0.2, 0) is 0 Å². The molecular weight excluding hydrogens is 448 g/mol. The van der Waals surface area contributed by atoms with Crippen molar-refractivity contribution in [3.63, 3.8) is 0 Å². The first kappa shape index (κ1) is 14.3. The van der Waals surface area contributed by atoms with Crippen LogP contribution < -0.4 is 5.32 Å². The van der Waals surface area contributed by atoms with Crippen LogP contribution in [0.15, 0.2) is 28.1 Å². The highest BCUT2D eigenvalue weighted by Crippen LogP contribution is 2.28. The number of carbonyl (C=O) groups is 1. The lowest BCUT2D eigenvalue weighted by molar-refractivity contribution is 0.103. The Hall–Kier alpha value is -0.110. The second-order valence-corrected chi connectivity index (χ2v) is 6.92. The number of hydrogen-bond donors (Lipinski definition) is 1. The van der Waals surface area contributed by atoms with Gasteiger partial charge in [-0.15, -0.1) is 11.3 Å². The highest BCUT2D eigenvalue weighted by atomic mass is 127. The molecule has 6 heteroatoms. The zero-order valence-corrected chi connectivity index (χ0v) is 14.6. The number of nitrogens with one attached hydrogen (secondary N) is 1. The number of thiophene rings is 1. The number of halogens is 3. The molecule has 0 saturated carbocycles. The lowest BCUT2D eigenvalue weighted by Gasteiger charge is -2.05. The fourth-order valence-corrected chi connectivity index (χ4v) is 3.28. The maximum atomic E-state index is 12.0. The Morgan fingerprint density at radius 2 is 2.22 bits per heavy atom. The van der Waals surface area contributed by atoms with Gasteiger partial charge in [0.1, 0.15) is 4.88 Å². The predicted molar refractivity (Wildman–Crippen MR) is 88.9 cm³/mol. The second kappa shape index (κ2) is 5.90. The number of benzene rings is 1. The van der Waals surface area contributed by atoms with Crippen molar-refractivity contribution in [3.8, 4) is 0 Å². The van der Waals surface area contributed by atoms with Crippen molar-refractivity contribution in [2.75, 3.05) is 5.32 Å². The smallest absolute Gasteiger partial charge is 0.267 e. The van der Waals surface area contributed by atoms with E-state index in [9.17, 15) is 4.79 Å². The lowest BCUT2D eigenvalue weighted by Crippen LogP contribution is -2.10. The van der Waals surface area contributed by atoms with E-state index >= 15 is 0 Å². The third-order valence-corrected chi connectivity index (χ3v) is 6.30. The van der Waals surface area contributed by atoms with Gasteiger partial charge in [0, 0.05) is 13.7 Å². The van der Waals surface area contributed by atoms with E-state index in [0.29, 0.717) is 9.90 Å². The van der Waals surface area contributed by atoms with Crippen LogP contribution in [0.1, 0.15) is 15.2 Å². The van der Waals surface area contributed by atoms with Crippen molar-refractivity contribution >= 4 is 73.1 Å². The minimum Gasteiger partial charge on any atom is -0.321 e. The zero-order valence-electron chi connectivity index (χ0n) is 9.26. The van der Waals surface area contributed by atoms with Crippen LogP contribution in [0.3, 0.4) is 0 Å². The van der Waals surface area contributed by atoms with Gasteiger partial charge in [0.05, 0.1) is 5.02 Å². The van der Waals surface area contributed by atoms with Crippen LogP contribution >= 0.6 is 61.5 Å². The third-order valence-electron chi connectivity index (χ3n) is 2.28. The van der Waals surface area contributed by atoms with Gasteiger partial charge in [0.25, 0.3) is 5.91 Å². The van der Waals surface area contributed by atoms with Crippen LogP contribution in [0.2, 0.25) is 5.02 Å². The van der Waals surface area contributed by atoms with Crippen molar-refractivity contribution in [3.05, 3.63) is 47.1 Å². The van der Waals surface area contributed by atoms with Crippen LogP contribution in [0.25, 0.3) is 0 Å². The average molecular weight is 457 g/mol. The lowest BCUT2D eigenvalue weighted by atomic mass is 10.3. The molecule has 0 spiro atoms. The number of hydrogen-bond acceptors (Lipinski definition) is 2. The molecule has 1 amide bonds. The molecular formula is C12H8BrClINOS. The molecule has 2 aromatic rings. The maximum absolute atomic E-state index is 12.0. The molecule has 18 heavy (non-hydrogen) atoms. The summed E-state index contributed by atoms with van der Waals surface area (Å²) in [5, 5.41) is 5.25. The summed E-state index contributed by atoms with van der Waals surface area (Å²) in [6.07, 6.45) is 0. The number of aryl methyl sites for hydroxylation is 1. The molecule has 1 aromatic carbocycles. The summed E-state index contributed by atoms with van der Waals surface area (Å²) in [6, 6.07) is 5.65. The van der Waals surface area contributed by atoms with Crippen molar-refractivity contribution in [1.29, 1.82) is 0 Å².